The van der Waals surface area contributed by atoms with Crippen LogP contribution in [0.25, 0.3) is 0 Å². The topological polar surface area (TPSA) is 59.0 Å². The number of aromatic nitrogens is 2. The Morgan fingerprint density at radius 1 is 1.37 bits per heavy atom. The Morgan fingerprint density at radius 2 is 2.16 bits per heavy atom. The molecular weight excluding hydrogens is 240 g/mol. The fourth-order valence-electron chi connectivity index (χ4n) is 1.91. The lowest BCUT2D eigenvalue weighted by Gasteiger charge is -2.11. The Morgan fingerprint density at radius 3 is 2.74 bits per heavy atom. The number of nitrogens with zero attached hydrogens (tertiary/aromatic N) is 2. The van der Waals surface area contributed by atoms with E-state index < -0.39 is 0 Å². The zero-order valence-corrected chi connectivity index (χ0v) is 11.4. The Labute approximate surface area is 112 Å². The number of anilines is 1. The van der Waals surface area contributed by atoms with Crippen molar-refractivity contribution in [3.63, 3.8) is 0 Å². The van der Waals surface area contributed by atoms with Gasteiger partial charge in [0.2, 0.25) is 0 Å². The second kappa shape index (κ2) is 5.56. The zero-order chi connectivity index (χ0) is 13.8. The summed E-state index contributed by atoms with van der Waals surface area (Å²) in [5.41, 5.74) is 3.85. The minimum Gasteiger partial charge on any atom is -0.379 e. The Kier molecular flexibility index (Phi) is 3.85. The van der Waals surface area contributed by atoms with Crippen LogP contribution >= 0.6 is 0 Å². The lowest BCUT2D eigenvalue weighted by molar-refractivity contribution is 0.0963. The number of carbonyl (C=O) groups excluding carboxylic acids is 1. The van der Waals surface area contributed by atoms with Gasteiger partial charge in [0.1, 0.15) is 0 Å². The highest BCUT2D eigenvalue weighted by atomic mass is 16.1. The smallest absolute Gasteiger partial charge is 0.251 e. The molecule has 1 aromatic carbocycles. The minimum absolute atomic E-state index is 0.0683. The molecule has 0 aliphatic carbocycles. The van der Waals surface area contributed by atoms with Gasteiger partial charge >= 0.3 is 0 Å². The molecular formula is C14H18N4O. The van der Waals surface area contributed by atoms with Crippen LogP contribution in [0.1, 0.15) is 21.6 Å². The van der Waals surface area contributed by atoms with Crippen molar-refractivity contribution in [2.45, 2.75) is 13.5 Å². The van der Waals surface area contributed by atoms with Crippen molar-refractivity contribution >= 4 is 11.6 Å². The quantitative estimate of drug-likeness (QED) is 0.877. The van der Waals surface area contributed by atoms with Gasteiger partial charge in [0, 0.05) is 31.5 Å². The summed E-state index contributed by atoms with van der Waals surface area (Å²) < 4.78 is 1.83. The summed E-state index contributed by atoms with van der Waals surface area (Å²) in [5, 5.41) is 10.1. The zero-order valence-electron chi connectivity index (χ0n) is 11.4. The van der Waals surface area contributed by atoms with Gasteiger partial charge in [-0.3, -0.25) is 9.48 Å². The molecule has 0 aliphatic heterocycles. The molecule has 0 radical (unpaired) electrons. The van der Waals surface area contributed by atoms with E-state index in [4.69, 9.17) is 0 Å². The van der Waals surface area contributed by atoms with E-state index in [1.165, 1.54) is 0 Å². The molecule has 0 unspecified atom stereocenters. The predicted molar refractivity (Wildman–Crippen MR) is 75.1 cm³/mol. The van der Waals surface area contributed by atoms with Crippen LogP contribution in [0.15, 0.2) is 30.5 Å². The second-order valence-corrected chi connectivity index (χ2v) is 4.41. The van der Waals surface area contributed by atoms with E-state index in [-0.39, 0.29) is 5.91 Å². The average molecular weight is 258 g/mol. The van der Waals surface area contributed by atoms with Crippen LogP contribution < -0.4 is 10.6 Å². The SMILES string of the molecule is CNC(=O)c1ccc(NCc2ccnn2C)c(C)c1. The highest BCUT2D eigenvalue weighted by Gasteiger charge is 2.06. The van der Waals surface area contributed by atoms with E-state index in [2.05, 4.69) is 15.7 Å². The first kappa shape index (κ1) is 13.1. The second-order valence-electron chi connectivity index (χ2n) is 4.41. The first-order valence-corrected chi connectivity index (χ1v) is 6.15. The first-order valence-electron chi connectivity index (χ1n) is 6.15. The van der Waals surface area contributed by atoms with Crippen molar-refractivity contribution in [1.82, 2.24) is 15.1 Å². The van der Waals surface area contributed by atoms with Gasteiger partial charge in [0.05, 0.1) is 12.2 Å². The van der Waals surface area contributed by atoms with E-state index in [0.717, 1.165) is 16.9 Å². The van der Waals surface area contributed by atoms with Gasteiger partial charge in [-0.2, -0.15) is 5.10 Å². The molecule has 0 spiro atoms. The molecule has 5 heteroatoms. The van der Waals surface area contributed by atoms with E-state index in [1.807, 2.05) is 42.9 Å². The maximum Gasteiger partial charge on any atom is 0.251 e. The van der Waals surface area contributed by atoms with Crippen LogP contribution in [-0.2, 0) is 13.6 Å². The van der Waals surface area contributed by atoms with Crippen LogP contribution in [0.4, 0.5) is 5.69 Å². The molecule has 5 nitrogen and oxygen atoms in total. The monoisotopic (exact) mass is 258 g/mol. The molecule has 0 saturated heterocycles. The molecule has 19 heavy (non-hydrogen) atoms. The maximum atomic E-state index is 11.5. The summed E-state index contributed by atoms with van der Waals surface area (Å²) in [6, 6.07) is 7.60. The summed E-state index contributed by atoms with van der Waals surface area (Å²) >= 11 is 0. The standard InChI is InChI=1S/C14H18N4O/c1-10-8-11(14(19)15-2)4-5-13(10)16-9-12-6-7-17-18(12)3/h4-8,16H,9H2,1-3H3,(H,15,19). The highest BCUT2D eigenvalue weighted by molar-refractivity contribution is 5.94. The summed E-state index contributed by atoms with van der Waals surface area (Å²) in [5.74, 6) is -0.0683. The molecule has 2 rings (SSSR count). The van der Waals surface area contributed by atoms with Crippen molar-refractivity contribution in [1.29, 1.82) is 0 Å². The number of hydrogen-bond acceptors (Lipinski definition) is 3. The maximum absolute atomic E-state index is 11.5. The molecule has 0 bridgehead atoms. The molecule has 2 N–H and O–H groups in total. The van der Waals surface area contributed by atoms with Gasteiger partial charge in [-0.05, 0) is 36.8 Å². The van der Waals surface area contributed by atoms with E-state index in [0.29, 0.717) is 12.1 Å². The Bertz CT molecular complexity index is 589. The molecule has 0 fully saturated rings. The summed E-state index contributed by atoms with van der Waals surface area (Å²) in [6.07, 6.45) is 1.78. The Balaban J connectivity index is 2.09. The van der Waals surface area contributed by atoms with Crippen molar-refractivity contribution in [2.24, 2.45) is 7.05 Å². The van der Waals surface area contributed by atoms with Crippen LogP contribution in [0, 0.1) is 6.92 Å². The molecule has 1 aromatic heterocycles. The minimum atomic E-state index is -0.0683. The van der Waals surface area contributed by atoms with Crippen LogP contribution in [0.5, 0.6) is 0 Å². The number of aryl methyl sites for hydroxylation is 2. The third kappa shape index (κ3) is 2.93. The van der Waals surface area contributed by atoms with Gasteiger partial charge in [-0.1, -0.05) is 0 Å². The largest absolute Gasteiger partial charge is 0.379 e. The molecule has 0 saturated carbocycles. The fraction of sp³-hybridized carbons (Fsp3) is 0.286. The molecule has 1 heterocycles. The third-order valence-electron chi connectivity index (χ3n) is 3.10. The average Bonchev–Trinajstić information content (AvgIpc) is 2.82. The number of amides is 1. The van der Waals surface area contributed by atoms with Crippen LogP contribution in [0.2, 0.25) is 0 Å². The van der Waals surface area contributed by atoms with Crippen molar-refractivity contribution < 1.29 is 4.79 Å². The summed E-state index contributed by atoms with van der Waals surface area (Å²) in [4.78, 5) is 11.5. The Hall–Kier alpha value is -2.30. The van der Waals surface area contributed by atoms with Gasteiger partial charge < -0.3 is 10.6 Å². The number of rotatable bonds is 4. The molecule has 0 aliphatic rings. The van der Waals surface area contributed by atoms with E-state index >= 15 is 0 Å². The molecule has 2 aromatic rings. The first-order chi connectivity index (χ1) is 9.11. The van der Waals surface area contributed by atoms with Crippen LogP contribution in [0.3, 0.4) is 0 Å². The predicted octanol–water partition coefficient (Wildman–Crippen LogP) is 1.70. The van der Waals surface area contributed by atoms with Crippen LogP contribution in [-0.4, -0.2) is 22.7 Å². The summed E-state index contributed by atoms with van der Waals surface area (Å²) in [6.45, 7) is 2.69. The van der Waals surface area contributed by atoms with Gasteiger partial charge in [0.25, 0.3) is 5.91 Å². The van der Waals surface area contributed by atoms with Gasteiger partial charge in [0.15, 0.2) is 0 Å². The van der Waals surface area contributed by atoms with E-state index in [9.17, 15) is 4.79 Å². The number of carbonyl (C=O) groups is 1. The number of nitrogens with one attached hydrogen (secondary N) is 2. The highest BCUT2D eigenvalue weighted by Crippen LogP contribution is 2.17. The molecule has 0 atom stereocenters. The molecule has 1 amide bonds. The lowest BCUT2D eigenvalue weighted by atomic mass is 10.1. The number of hydrogen-bond donors (Lipinski definition) is 2. The third-order valence-corrected chi connectivity index (χ3v) is 3.10. The lowest BCUT2D eigenvalue weighted by Crippen LogP contribution is -2.18. The van der Waals surface area contributed by atoms with E-state index in [1.54, 1.807) is 13.2 Å². The van der Waals surface area contributed by atoms with Gasteiger partial charge in [-0.15, -0.1) is 0 Å². The van der Waals surface area contributed by atoms with Crippen molar-refractivity contribution in [3.05, 3.63) is 47.3 Å². The summed E-state index contributed by atoms with van der Waals surface area (Å²) in [7, 11) is 3.55. The molecule has 100 valence electrons. The normalized spacial score (nSPS) is 10.3. The number of benzene rings is 1. The van der Waals surface area contributed by atoms with Crippen molar-refractivity contribution in [2.75, 3.05) is 12.4 Å². The fourth-order valence-corrected chi connectivity index (χ4v) is 1.91. The van der Waals surface area contributed by atoms with Crippen molar-refractivity contribution in [3.8, 4) is 0 Å². The van der Waals surface area contributed by atoms with Gasteiger partial charge in [-0.25, -0.2) is 0 Å².